The van der Waals surface area contributed by atoms with Crippen molar-refractivity contribution in [2.75, 3.05) is 13.2 Å². The van der Waals surface area contributed by atoms with E-state index in [9.17, 15) is 4.79 Å². The summed E-state index contributed by atoms with van der Waals surface area (Å²) in [5.74, 6) is -0.795. The molecule has 0 rings (SSSR count). The number of nitrogens with one attached hydrogen (secondary N) is 1. The smallest absolute Gasteiger partial charge is 0.236 e. The predicted octanol–water partition coefficient (Wildman–Crippen LogP) is 2.86. The molecule has 96 valence electrons. The van der Waals surface area contributed by atoms with E-state index in [0.29, 0.717) is 0 Å². The number of unbranched alkanes of at least 4 members (excludes halogenated alkanes) is 1. The molecule has 0 fully saturated rings. The van der Waals surface area contributed by atoms with E-state index < -0.39 is 5.87 Å². The van der Waals surface area contributed by atoms with Gasteiger partial charge in [0.1, 0.15) is 6.61 Å². The van der Waals surface area contributed by atoms with Crippen LogP contribution in [0, 0.1) is 0 Å². The number of allylic oxidation sites excluding steroid dienone is 3. The van der Waals surface area contributed by atoms with Gasteiger partial charge in [-0.2, -0.15) is 0 Å². The van der Waals surface area contributed by atoms with Crippen LogP contribution < -0.4 is 5.32 Å². The second-order valence-electron chi connectivity index (χ2n) is 3.66. The Morgan fingerprint density at radius 2 is 2.06 bits per heavy atom. The number of hydrogen-bond acceptors (Lipinski definition) is 3. The molecular weight excluding hydrogens is 225 g/mol. The molecule has 0 spiro atoms. The molecule has 0 atom stereocenters. The van der Waals surface area contributed by atoms with Crippen LogP contribution in [0.15, 0.2) is 48.7 Å². The summed E-state index contributed by atoms with van der Waals surface area (Å²) in [4.78, 5) is 10.5. The van der Waals surface area contributed by atoms with E-state index in [0.717, 1.165) is 30.7 Å². The van der Waals surface area contributed by atoms with Crippen LogP contribution in [0.25, 0.3) is 0 Å². The maximum Gasteiger partial charge on any atom is 0.236 e. The molecule has 0 bridgehead atoms. The highest BCUT2D eigenvalue weighted by Gasteiger charge is 1.95. The first-order valence-electron chi connectivity index (χ1n) is 5.95. The second kappa shape index (κ2) is 10.4. The van der Waals surface area contributed by atoms with Crippen LogP contribution in [0.5, 0.6) is 0 Å². The molecule has 0 aromatic carbocycles. The van der Waals surface area contributed by atoms with Crippen LogP contribution in [0.4, 0.5) is 4.79 Å². The summed E-state index contributed by atoms with van der Waals surface area (Å²) < 4.78 is 4.68. The molecule has 0 aliphatic carbocycles. The van der Waals surface area contributed by atoms with Gasteiger partial charge in [0, 0.05) is 12.2 Å². The second-order valence-corrected chi connectivity index (χ2v) is 3.66. The molecule has 0 aliphatic heterocycles. The monoisotopic (exact) mass is 245 g/mol. The Hall–Kier alpha value is -1.71. The van der Waals surface area contributed by atoms with Gasteiger partial charge in [-0.3, -0.25) is 4.79 Å². The molecule has 0 unspecified atom stereocenters. The van der Waals surface area contributed by atoms with Crippen LogP contribution in [-0.4, -0.2) is 26.9 Å². The van der Waals surface area contributed by atoms with Gasteiger partial charge in [0.2, 0.25) is 13.7 Å². The average molecular weight is 245 g/mol. The van der Waals surface area contributed by atoms with Crippen LogP contribution in [0.1, 0.15) is 19.8 Å². The fourth-order valence-electron chi connectivity index (χ4n) is 1.13. The van der Waals surface area contributed by atoms with Gasteiger partial charge in [-0.15, -0.1) is 0 Å². The maximum absolute atomic E-state index is 10.5. The van der Waals surface area contributed by atoms with Crippen LogP contribution >= 0.6 is 0 Å². The largest absolute Gasteiger partial charge is 0.470 e. The fourth-order valence-corrected chi connectivity index (χ4v) is 1.13. The topological polar surface area (TPSA) is 38.3 Å². The van der Waals surface area contributed by atoms with Gasteiger partial charge in [0.05, 0.1) is 0 Å². The van der Waals surface area contributed by atoms with Crippen molar-refractivity contribution in [2.45, 2.75) is 19.8 Å². The normalized spacial score (nSPS) is 11.8. The molecular formula is C14H20BNO2. The molecule has 0 saturated carbocycles. The summed E-state index contributed by atoms with van der Waals surface area (Å²) in [6.07, 6.45) is 9.27. The van der Waals surface area contributed by atoms with Crippen molar-refractivity contribution >= 4 is 13.7 Å². The minimum Gasteiger partial charge on any atom is -0.470 e. The lowest BCUT2D eigenvalue weighted by atomic mass is 10.2. The van der Waals surface area contributed by atoms with Gasteiger partial charge in [0.25, 0.3) is 0 Å². The zero-order valence-corrected chi connectivity index (χ0v) is 10.9. The third-order valence-corrected chi connectivity index (χ3v) is 2.20. The number of rotatable bonds is 9. The molecule has 3 nitrogen and oxygen atoms in total. The molecule has 0 aromatic rings. The zero-order valence-electron chi connectivity index (χ0n) is 10.9. The van der Waals surface area contributed by atoms with Gasteiger partial charge < -0.3 is 10.1 Å². The summed E-state index contributed by atoms with van der Waals surface area (Å²) in [6.45, 7) is 10.5. The van der Waals surface area contributed by atoms with Gasteiger partial charge >= 0.3 is 0 Å². The van der Waals surface area contributed by atoms with Crippen LogP contribution in [0.2, 0.25) is 0 Å². The molecule has 0 saturated heterocycles. The average Bonchev–Trinajstić information content (AvgIpc) is 2.36. The summed E-state index contributed by atoms with van der Waals surface area (Å²) >= 11 is 0. The van der Waals surface area contributed by atoms with E-state index in [1.54, 1.807) is 12.2 Å². The van der Waals surface area contributed by atoms with Gasteiger partial charge in [-0.1, -0.05) is 38.7 Å². The van der Waals surface area contributed by atoms with Crippen molar-refractivity contribution < 1.29 is 9.53 Å². The first-order chi connectivity index (χ1) is 8.63. The van der Waals surface area contributed by atoms with Gasteiger partial charge in [-0.25, -0.2) is 0 Å². The van der Waals surface area contributed by atoms with E-state index in [-0.39, 0.29) is 6.61 Å². The predicted molar refractivity (Wildman–Crippen MR) is 76.6 cm³/mol. The third kappa shape index (κ3) is 8.45. The van der Waals surface area contributed by atoms with Crippen molar-refractivity contribution in [3.63, 3.8) is 0 Å². The lowest BCUT2D eigenvalue weighted by Gasteiger charge is -2.06. The standard InChI is InChI=1S/C14H20BNO2/c1-4-7-10-16-13(6-3)9-8-12(5-2)11-18-14(15)17/h5-6,8-9,16H,2-4,7,10-11H2,1H3/b12-8+,13-9+. The third-order valence-electron chi connectivity index (χ3n) is 2.20. The Kier molecular flexibility index (Phi) is 9.46. The molecule has 0 amide bonds. The summed E-state index contributed by atoms with van der Waals surface area (Å²) in [5, 5.41) is 3.25. The Balaban J connectivity index is 4.42. The van der Waals surface area contributed by atoms with Crippen molar-refractivity contribution in [1.82, 2.24) is 5.32 Å². The first-order valence-corrected chi connectivity index (χ1v) is 5.95. The van der Waals surface area contributed by atoms with Crippen molar-refractivity contribution in [3.8, 4) is 0 Å². The molecule has 1 N–H and O–H groups in total. The Morgan fingerprint density at radius 1 is 1.33 bits per heavy atom. The van der Waals surface area contributed by atoms with Crippen LogP contribution in [-0.2, 0) is 4.74 Å². The number of hydrogen-bond donors (Lipinski definition) is 1. The highest BCUT2D eigenvalue weighted by atomic mass is 16.5. The lowest BCUT2D eigenvalue weighted by Crippen LogP contribution is -2.12. The quantitative estimate of drug-likeness (QED) is 0.385. The molecule has 0 heterocycles. The van der Waals surface area contributed by atoms with Gasteiger partial charge in [0.15, 0.2) is 0 Å². The Labute approximate surface area is 111 Å². The molecule has 0 aromatic heterocycles. The Bertz CT molecular complexity index is 346. The highest BCUT2D eigenvalue weighted by Crippen LogP contribution is 2.01. The first kappa shape index (κ1) is 16.3. The Morgan fingerprint density at radius 3 is 2.56 bits per heavy atom. The fraction of sp³-hybridized carbons (Fsp3) is 0.357. The van der Waals surface area contributed by atoms with Crippen molar-refractivity contribution in [2.24, 2.45) is 0 Å². The summed E-state index contributed by atoms with van der Waals surface area (Å²) in [7, 11) is 4.89. The molecule has 0 aliphatic rings. The number of carbonyl (C=O) groups excluding carboxylic acids is 1. The van der Waals surface area contributed by atoms with E-state index >= 15 is 0 Å². The lowest BCUT2D eigenvalue weighted by molar-refractivity contribution is 0.184. The zero-order chi connectivity index (χ0) is 13.8. The van der Waals surface area contributed by atoms with Crippen LogP contribution in [0.3, 0.4) is 0 Å². The SMILES string of the molecule is [B]C(=O)OC/C(C=C)=C/C=C(\C=C)NCCCC. The minimum absolute atomic E-state index is 0.120. The van der Waals surface area contributed by atoms with E-state index in [2.05, 4.69) is 30.1 Å². The van der Waals surface area contributed by atoms with E-state index in [4.69, 9.17) is 7.85 Å². The van der Waals surface area contributed by atoms with E-state index in [1.165, 1.54) is 0 Å². The number of carbonyl (C=O) groups is 1. The summed E-state index contributed by atoms with van der Waals surface area (Å²) in [5.41, 5.74) is 1.69. The summed E-state index contributed by atoms with van der Waals surface area (Å²) in [6, 6.07) is 0. The molecule has 18 heavy (non-hydrogen) atoms. The minimum atomic E-state index is -0.795. The van der Waals surface area contributed by atoms with E-state index in [1.807, 2.05) is 12.2 Å². The molecule has 2 radical (unpaired) electrons. The van der Waals surface area contributed by atoms with Crippen molar-refractivity contribution in [3.05, 3.63) is 48.7 Å². The number of ether oxygens (including phenoxy) is 1. The highest BCUT2D eigenvalue weighted by molar-refractivity contribution is 6.55. The van der Waals surface area contributed by atoms with Crippen molar-refractivity contribution in [1.29, 1.82) is 0 Å². The van der Waals surface area contributed by atoms with Gasteiger partial charge in [-0.05, 0) is 24.1 Å². The molecule has 4 heteroatoms. The maximum atomic E-state index is 10.5.